The third kappa shape index (κ3) is 3.00. The van der Waals surface area contributed by atoms with Crippen LogP contribution in [0.4, 0.5) is 0 Å². The second-order valence-corrected chi connectivity index (χ2v) is 4.68. The van der Waals surface area contributed by atoms with Crippen LogP contribution in [0.5, 0.6) is 11.5 Å². The van der Waals surface area contributed by atoms with Crippen LogP contribution < -0.4 is 14.8 Å². The summed E-state index contributed by atoms with van der Waals surface area (Å²) in [6, 6.07) is 9.44. The normalized spacial score (nSPS) is 12.4. The fraction of sp³-hybridized carbons (Fsp3) is 0.267. The van der Waals surface area contributed by atoms with Crippen LogP contribution in [-0.4, -0.2) is 24.9 Å². The van der Waals surface area contributed by atoms with Crippen molar-refractivity contribution >= 4 is 5.97 Å². The highest BCUT2D eigenvalue weighted by Crippen LogP contribution is 2.32. The van der Waals surface area contributed by atoms with Gasteiger partial charge in [0.1, 0.15) is 5.69 Å². The van der Waals surface area contributed by atoms with Gasteiger partial charge in [-0.2, -0.15) is 0 Å². The van der Waals surface area contributed by atoms with Gasteiger partial charge in [-0.05, 0) is 29.8 Å². The molecule has 1 aromatic heterocycles. The molecule has 0 saturated carbocycles. The van der Waals surface area contributed by atoms with Crippen LogP contribution in [-0.2, 0) is 17.8 Å². The maximum Gasteiger partial charge on any atom is 0.354 e. The first kappa shape index (κ1) is 13.5. The largest absolute Gasteiger partial charge is 0.464 e. The monoisotopic (exact) mass is 288 g/mol. The van der Waals surface area contributed by atoms with Gasteiger partial charge < -0.3 is 24.5 Å². The van der Waals surface area contributed by atoms with E-state index in [1.54, 1.807) is 6.07 Å². The van der Waals surface area contributed by atoms with Gasteiger partial charge in [0.25, 0.3) is 0 Å². The molecule has 3 rings (SSSR count). The van der Waals surface area contributed by atoms with Gasteiger partial charge in [0.2, 0.25) is 6.79 Å². The Kier molecular flexibility index (Phi) is 3.79. The molecule has 0 fully saturated rings. The molecule has 6 heteroatoms. The lowest BCUT2D eigenvalue weighted by molar-refractivity contribution is 0.0594. The summed E-state index contributed by atoms with van der Waals surface area (Å²) in [6.07, 6.45) is 0. The van der Waals surface area contributed by atoms with Gasteiger partial charge in [0, 0.05) is 18.8 Å². The Morgan fingerprint density at radius 2 is 2.10 bits per heavy atom. The van der Waals surface area contributed by atoms with Crippen molar-refractivity contribution in [3.05, 3.63) is 47.3 Å². The fourth-order valence-corrected chi connectivity index (χ4v) is 2.16. The van der Waals surface area contributed by atoms with Crippen LogP contribution in [0.15, 0.2) is 30.3 Å². The summed E-state index contributed by atoms with van der Waals surface area (Å²) in [7, 11) is 1.36. The maximum absolute atomic E-state index is 11.3. The number of methoxy groups -OCH3 is 1. The van der Waals surface area contributed by atoms with Crippen LogP contribution in [0.25, 0.3) is 0 Å². The van der Waals surface area contributed by atoms with E-state index in [1.165, 1.54) is 7.11 Å². The maximum atomic E-state index is 11.3. The fourth-order valence-electron chi connectivity index (χ4n) is 2.16. The van der Waals surface area contributed by atoms with E-state index in [0.717, 1.165) is 22.8 Å². The minimum Gasteiger partial charge on any atom is -0.464 e. The number of fused-ring (bicyclic) bond motifs is 1. The van der Waals surface area contributed by atoms with Gasteiger partial charge in [-0.25, -0.2) is 4.79 Å². The number of aromatic amines is 1. The van der Waals surface area contributed by atoms with Crippen molar-refractivity contribution in [1.82, 2.24) is 10.3 Å². The zero-order chi connectivity index (χ0) is 14.7. The lowest BCUT2D eigenvalue weighted by Gasteiger charge is -2.05. The van der Waals surface area contributed by atoms with Gasteiger partial charge in [0.15, 0.2) is 11.5 Å². The first-order chi connectivity index (χ1) is 10.3. The van der Waals surface area contributed by atoms with E-state index in [0.29, 0.717) is 18.8 Å². The third-order valence-electron chi connectivity index (χ3n) is 3.23. The van der Waals surface area contributed by atoms with Crippen LogP contribution in [0.1, 0.15) is 21.7 Å². The average Bonchev–Trinajstić information content (AvgIpc) is 3.14. The lowest BCUT2D eigenvalue weighted by Crippen LogP contribution is -2.13. The summed E-state index contributed by atoms with van der Waals surface area (Å²) in [6.45, 7) is 1.61. The molecule has 21 heavy (non-hydrogen) atoms. The molecule has 1 aliphatic rings. The zero-order valence-electron chi connectivity index (χ0n) is 11.6. The Labute approximate surface area is 122 Å². The standard InChI is InChI=1S/C15H16N2O4/c1-19-15(18)12-4-3-11(17-12)8-16-7-10-2-5-13-14(6-10)21-9-20-13/h2-6,16-17H,7-9H2,1H3. The number of nitrogens with one attached hydrogen (secondary N) is 2. The molecular weight excluding hydrogens is 272 g/mol. The van der Waals surface area contributed by atoms with E-state index >= 15 is 0 Å². The van der Waals surface area contributed by atoms with Crippen molar-refractivity contribution in [2.24, 2.45) is 0 Å². The summed E-state index contributed by atoms with van der Waals surface area (Å²) in [5.74, 6) is 1.20. The summed E-state index contributed by atoms with van der Waals surface area (Å²) in [5.41, 5.74) is 2.49. The van der Waals surface area contributed by atoms with Gasteiger partial charge in [0.05, 0.1) is 7.11 Å². The summed E-state index contributed by atoms with van der Waals surface area (Å²) < 4.78 is 15.3. The Morgan fingerprint density at radius 1 is 1.24 bits per heavy atom. The molecule has 2 N–H and O–H groups in total. The molecule has 2 aromatic rings. The van der Waals surface area contributed by atoms with E-state index in [2.05, 4.69) is 15.0 Å². The molecule has 0 radical (unpaired) electrons. The predicted molar refractivity (Wildman–Crippen MR) is 75.2 cm³/mol. The number of hydrogen-bond acceptors (Lipinski definition) is 5. The van der Waals surface area contributed by atoms with Gasteiger partial charge >= 0.3 is 5.97 Å². The summed E-state index contributed by atoms with van der Waals surface area (Å²) in [4.78, 5) is 14.3. The van der Waals surface area contributed by atoms with Crippen molar-refractivity contribution < 1.29 is 19.0 Å². The number of H-pyrrole nitrogens is 1. The average molecular weight is 288 g/mol. The molecule has 0 aliphatic carbocycles. The van der Waals surface area contributed by atoms with Crippen molar-refractivity contribution in [2.75, 3.05) is 13.9 Å². The highest BCUT2D eigenvalue weighted by molar-refractivity contribution is 5.87. The number of rotatable bonds is 5. The van der Waals surface area contributed by atoms with Crippen molar-refractivity contribution in [3.63, 3.8) is 0 Å². The van der Waals surface area contributed by atoms with Gasteiger partial charge in [-0.1, -0.05) is 6.07 Å². The smallest absolute Gasteiger partial charge is 0.354 e. The molecule has 2 heterocycles. The number of carbonyl (C=O) groups is 1. The Hall–Kier alpha value is -2.47. The molecule has 1 aromatic carbocycles. The zero-order valence-corrected chi connectivity index (χ0v) is 11.6. The predicted octanol–water partition coefficient (Wildman–Crippen LogP) is 1.82. The molecule has 0 spiro atoms. The quantitative estimate of drug-likeness (QED) is 0.821. The van der Waals surface area contributed by atoms with Crippen molar-refractivity contribution in [3.8, 4) is 11.5 Å². The number of esters is 1. The van der Waals surface area contributed by atoms with E-state index in [4.69, 9.17) is 9.47 Å². The van der Waals surface area contributed by atoms with E-state index in [9.17, 15) is 4.79 Å². The Bertz CT molecular complexity index is 651. The molecular formula is C15H16N2O4. The van der Waals surface area contributed by atoms with E-state index in [-0.39, 0.29) is 12.8 Å². The number of carbonyl (C=O) groups excluding carboxylic acids is 1. The van der Waals surface area contributed by atoms with Crippen LogP contribution in [0.2, 0.25) is 0 Å². The van der Waals surface area contributed by atoms with E-state index in [1.807, 2.05) is 24.3 Å². The lowest BCUT2D eigenvalue weighted by atomic mass is 10.2. The van der Waals surface area contributed by atoms with E-state index < -0.39 is 0 Å². The van der Waals surface area contributed by atoms with Crippen LogP contribution in [0, 0.1) is 0 Å². The van der Waals surface area contributed by atoms with Gasteiger partial charge in [-0.3, -0.25) is 0 Å². The van der Waals surface area contributed by atoms with Crippen molar-refractivity contribution in [2.45, 2.75) is 13.1 Å². The van der Waals surface area contributed by atoms with Crippen LogP contribution in [0.3, 0.4) is 0 Å². The number of aromatic nitrogens is 1. The molecule has 110 valence electrons. The number of benzene rings is 1. The minimum absolute atomic E-state index is 0.283. The first-order valence-corrected chi connectivity index (χ1v) is 6.62. The molecule has 1 aliphatic heterocycles. The van der Waals surface area contributed by atoms with Gasteiger partial charge in [-0.15, -0.1) is 0 Å². The van der Waals surface area contributed by atoms with Crippen LogP contribution >= 0.6 is 0 Å². The molecule has 0 saturated heterocycles. The number of hydrogen-bond donors (Lipinski definition) is 2. The first-order valence-electron chi connectivity index (χ1n) is 6.62. The molecule has 6 nitrogen and oxygen atoms in total. The van der Waals surface area contributed by atoms with Crippen molar-refractivity contribution in [1.29, 1.82) is 0 Å². The number of ether oxygens (including phenoxy) is 3. The SMILES string of the molecule is COC(=O)c1ccc(CNCc2ccc3c(c2)OCO3)[nH]1. The third-order valence-corrected chi connectivity index (χ3v) is 3.23. The Morgan fingerprint density at radius 3 is 2.95 bits per heavy atom. The molecule has 0 bridgehead atoms. The molecule has 0 unspecified atom stereocenters. The summed E-state index contributed by atoms with van der Waals surface area (Å²) >= 11 is 0. The topological polar surface area (TPSA) is 72.6 Å². The second-order valence-electron chi connectivity index (χ2n) is 4.68. The minimum atomic E-state index is -0.364. The second kappa shape index (κ2) is 5.88. The highest BCUT2D eigenvalue weighted by atomic mass is 16.7. The molecule has 0 atom stereocenters. The Balaban J connectivity index is 1.54. The summed E-state index contributed by atoms with van der Waals surface area (Å²) in [5, 5.41) is 3.30. The molecule has 0 amide bonds. The highest BCUT2D eigenvalue weighted by Gasteiger charge is 2.13.